The Balaban J connectivity index is 1.54. The van der Waals surface area contributed by atoms with Crippen molar-refractivity contribution in [3.05, 3.63) is 47.3 Å². The minimum Gasteiger partial charge on any atom is -0.497 e. The van der Waals surface area contributed by atoms with Gasteiger partial charge in [-0.2, -0.15) is 5.10 Å². The number of rotatable bonds is 7. The van der Waals surface area contributed by atoms with Crippen molar-refractivity contribution in [3.8, 4) is 5.75 Å². The molecule has 0 amide bonds. The Bertz CT molecular complexity index is 723. The lowest BCUT2D eigenvalue weighted by molar-refractivity contribution is 0.134. The topological polar surface area (TPSA) is 39.5 Å². The third-order valence-electron chi connectivity index (χ3n) is 5.31. The van der Waals surface area contributed by atoms with Gasteiger partial charge in [-0.3, -0.25) is 9.58 Å². The minimum atomic E-state index is 0.396. The van der Waals surface area contributed by atoms with E-state index in [2.05, 4.69) is 34.0 Å². The molecule has 134 valence electrons. The smallest absolute Gasteiger partial charge is 0.119 e. The molecule has 1 fully saturated rings. The first-order chi connectivity index (χ1) is 12.3. The standard InChI is InChI=1S/C20H27N3O2/c1-24-14-17-12-22(10-16-4-3-5-18(8-16)25-2)13-20-19(17)9-21-23(20)11-15-6-7-15/h3-5,8-9,15,17H,6-7,10-14H2,1-2H3. The molecule has 2 heterocycles. The summed E-state index contributed by atoms with van der Waals surface area (Å²) in [7, 11) is 3.51. The summed E-state index contributed by atoms with van der Waals surface area (Å²) in [5.74, 6) is 2.15. The van der Waals surface area contributed by atoms with E-state index in [0.717, 1.165) is 44.5 Å². The monoisotopic (exact) mass is 341 g/mol. The van der Waals surface area contributed by atoms with Crippen LogP contribution in [0.1, 0.15) is 35.6 Å². The maximum absolute atomic E-state index is 5.49. The number of benzene rings is 1. The molecule has 0 bridgehead atoms. The summed E-state index contributed by atoms with van der Waals surface area (Å²) in [5.41, 5.74) is 4.04. The highest BCUT2D eigenvalue weighted by molar-refractivity contribution is 5.30. The lowest BCUT2D eigenvalue weighted by Crippen LogP contribution is -2.35. The summed E-state index contributed by atoms with van der Waals surface area (Å²) < 4.78 is 13.1. The fraction of sp³-hybridized carbons (Fsp3) is 0.550. The quantitative estimate of drug-likeness (QED) is 0.776. The molecule has 1 saturated carbocycles. The molecule has 25 heavy (non-hydrogen) atoms. The van der Waals surface area contributed by atoms with Crippen LogP contribution >= 0.6 is 0 Å². The fourth-order valence-electron chi connectivity index (χ4n) is 3.82. The summed E-state index contributed by atoms with van der Waals surface area (Å²) in [6.45, 7) is 4.71. The molecule has 0 saturated heterocycles. The van der Waals surface area contributed by atoms with Gasteiger partial charge < -0.3 is 9.47 Å². The Morgan fingerprint density at radius 2 is 2.12 bits per heavy atom. The predicted octanol–water partition coefficient (Wildman–Crippen LogP) is 3.05. The van der Waals surface area contributed by atoms with Crippen LogP contribution in [0.4, 0.5) is 0 Å². The zero-order chi connectivity index (χ0) is 17.2. The maximum atomic E-state index is 5.49. The Morgan fingerprint density at radius 1 is 1.24 bits per heavy atom. The molecule has 5 nitrogen and oxygen atoms in total. The van der Waals surface area contributed by atoms with Crippen LogP contribution in [0.25, 0.3) is 0 Å². The molecule has 0 N–H and O–H groups in total. The van der Waals surface area contributed by atoms with E-state index in [9.17, 15) is 0 Å². The summed E-state index contributed by atoms with van der Waals surface area (Å²) in [6, 6.07) is 8.36. The van der Waals surface area contributed by atoms with Gasteiger partial charge in [-0.1, -0.05) is 12.1 Å². The Labute approximate surface area is 149 Å². The van der Waals surface area contributed by atoms with Crippen molar-refractivity contribution in [2.45, 2.75) is 38.4 Å². The van der Waals surface area contributed by atoms with Crippen molar-refractivity contribution in [2.24, 2.45) is 5.92 Å². The van der Waals surface area contributed by atoms with Gasteiger partial charge in [-0.25, -0.2) is 0 Å². The van der Waals surface area contributed by atoms with Gasteiger partial charge in [0.05, 0.1) is 25.6 Å². The van der Waals surface area contributed by atoms with Crippen LogP contribution in [0, 0.1) is 5.92 Å². The van der Waals surface area contributed by atoms with Gasteiger partial charge in [0.2, 0.25) is 0 Å². The van der Waals surface area contributed by atoms with E-state index >= 15 is 0 Å². The second-order valence-corrected chi connectivity index (χ2v) is 7.35. The van der Waals surface area contributed by atoms with E-state index in [1.807, 2.05) is 6.07 Å². The normalized spacial score (nSPS) is 20.5. The second kappa shape index (κ2) is 7.18. The zero-order valence-electron chi connectivity index (χ0n) is 15.1. The van der Waals surface area contributed by atoms with Crippen molar-refractivity contribution in [1.29, 1.82) is 0 Å². The Hall–Kier alpha value is -1.85. The summed E-state index contributed by atoms with van der Waals surface area (Å²) >= 11 is 0. The van der Waals surface area contributed by atoms with Crippen LogP contribution < -0.4 is 4.74 Å². The molecule has 1 aromatic carbocycles. The van der Waals surface area contributed by atoms with Crippen LogP contribution in [0.5, 0.6) is 5.75 Å². The fourth-order valence-corrected chi connectivity index (χ4v) is 3.82. The molecule has 0 spiro atoms. The SMILES string of the molecule is COCC1CN(Cc2cccc(OC)c2)Cc2c1cnn2CC1CC1. The van der Waals surface area contributed by atoms with Crippen molar-refractivity contribution in [3.63, 3.8) is 0 Å². The van der Waals surface area contributed by atoms with E-state index in [0.29, 0.717) is 5.92 Å². The second-order valence-electron chi connectivity index (χ2n) is 7.35. The van der Waals surface area contributed by atoms with Crippen LogP contribution in [-0.4, -0.2) is 42.1 Å². The molecule has 0 radical (unpaired) electrons. The molecule has 1 unspecified atom stereocenters. The van der Waals surface area contributed by atoms with Crippen molar-refractivity contribution >= 4 is 0 Å². The molecule has 5 heteroatoms. The lowest BCUT2D eigenvalue weighted by Gasteiger charge is -2.33. The molecule has 1 aliphatic heterocycles. The van der Waals surface area contributed by atoms with Gasteiger partial charge in [-0.15, -0.1) is 0 Å². The average molecular weight is 341 g/mol. The summed E-state index contributed by atoms with van der Waals surface area (Å²) in [6.07, 6.45) is 4.78. The Morgan fingerprint density at radius 3 is 2.88 bits per heavy atom. The van der Waals surface area contributed by atoms with E-state index in [1.54, 1.807) is 14.2 Å². The average Bonchev–Trinajstić information content (AvgIpc) is 3.35. The van der Waals surface area contributed by atoms with Crippen LogP contribution in [0.15, 0.2) is 30.5 Å². The first-order valence-corrected chi connectivity index (χ1v) is 9.15. The van der Waals surface area contributed by atoms with Crippen LogP contribution in [-0.2, 0) is 24.4 Å². The number of fused-ring (bicyclic) bond motifs is 1. The van der Waals surface area contributed by atoms with Gasteiger partial charge in [0, 0.05) is 44.8 Å². The summed E-state index contributed by atoms with van der Waals surface area (Å²) in [5, 5.41) is 4.69. The molecular weight excluding hydrogens is 314 g/mol. The number of hydrogen-bond acceptors (Lipinski definition) is 4. The molecule has 1 aromatic heterocycles. The molecule has 4 rings (SSSR count). The van der Waals surface area contributed by atoms with Gasteiger partial charge in [0.25, 0.3) is 0 Å². The predicted molar refractivity (Wildman–Crippen MR) is 96.7 cm³/mol. The van der Waals surface area contributed by atoms with E-state index in [-0.39, 0.29) is 0 Å². The van der Waals surface area contributed by atoms with E-state index in [4.69, 9.17) is 14.6 Å². The molecule has 2 aliphatic rings. The van der Waals surface area contributed by atoms with Gasteiger partial charge >= 0.3 is 0 Å². The molecular formula is C20H27N3O2. The first-order valence-electron chi connectivity index (χ1n) is 9.15. The lowest BCUT2D eigenvalue weighted by atomic mass is 9.95. The number of hydrogen-bond donors (Lipinski definition) is 0. The number of ether oxygens (including phenoxy) is 2. The number of nitrogens with zero attached hydrogens (tertiary/aromatic N) is 3. The van der Waals surface area contributed by atoms with Gasteiger partial charge in [-0.05, 0) is 36.5 Å². The number of aromatic nitrogens is 2. The van der Waals surface area contributed by atoms with Gasteiger partial charge in [0.1, 0.15) is 5.75 Å². The molecule has 1 atom stereocenters. The van der Waals surface area contributed by atoms with E-state index < -0.39 is 0 Å². The zero-order valence-corrected chi connectivity index (χ0v) is 15.1. The third kappa shape index (κ3) is 3.72. The van der Waals surface area contributed by atoms with Gasteiger partial charge in [0.15, 0.2) is 0 Å². The largest absolute Gasteiger partial charge is 0.497 e. The Kier molecular flexibility index (Phi) is 4.77. The highest BCUT2D eigenvalue weighted by Crippen LogP contribution is 2.34. The van der Waals surface area contributed by atoms with Crippen LogP contribution in [0.3, 0.4) is 0 Å². The highest BCUT2D eigenvalue weighted by Gasteiger charge is 2.31. The van der Waals surface area contributed by atoms with E-state index in [1.165, 1.54) is 29.7 Å². The van der Waals surface area contributed by atoms with Crippen molar-refractivity contribution in [1.82, 2.24) is 14.7 Å². The maximum Gasteiger partial charge on any atom is 0.119 e. The molecule has 1 aliphatic carbocycles. The first kappa shape index (κ1) is 16.6. The minimum absolute atomic E-state index is 0.396. The summed E-state index contributed by atoms with van der Waals surface area (Å²) in [4.78, 5) is 2.51. The molecule has 2 aromatic rings. The van der Waals surface area contributed by atoms with Crippen molar-refractivity contribution in [2.75, 3.05) is 27.4 Å². The van der Waals surface area contributed by atoms with Crippen molar-refractivity contribution < 1.29 is 9.47 Å². The third-order valence-corrected chi connectivity index (χ3v) is 5.31. The van der Waals surface area contributed by atoms with Crippen LogP contribution in [0.2, 0.25) is 0 Å². The number of methoxy groups -OCH3 is 2. The highest BCUT2D eigenvalue weighted by atomic mass is 16.5.